The summed E-state index contributed by atoms with van der Waals surface area (Å²) in [7, 11) is -3.22. The third kappa shape index (κ3) is 4.11. The first-order valence-corrected chi connectivity index (χ1v) is 3.34. The first kappa shape index (κ1) is 6.11. The number of hydrogen-bond acceptors (Lipinski definition) is 1. The second kappa shape index (κ2) is 1.71. The predicted octanol–water partition coefficient (Wildman–Crippen LogP) is 0.0212. The maximum absolute atomic E-state index is 8.08. The minimum absolute atomic E-state index is 1.05. The van der Waals surface area contributed by atoms with E-state index in [0.717, 1.165) is 6.66 Å². The van der Waals surface area contributed by atoms with Crippen LogP contribution in [0.4, 0.5) is 0 Å². The zero-order valence-electron chi connectivity index (χ0n) is 3.24. The molecule has 3 N–H and O–H groups in total. The molecule has 0 aromatic rings. The van der Waals surface area contributed by atoms with Crippen LogP contribution in [0.5, 0.6) is 0 Å². The molecule has 0 aliphatic carbocycles. The Morgan fingerprint density at radius 1 is 1.50 bits per heavy atom. The Kier molecular flexibility index (Phi) is 1.74. The minimum Gasteiger partial charge on any atom is -0.338 e. The molecule has 0 saturated carbocycles. The van der Waals surface area contributed by atoms with Crippen molar-refractivity contribution >= 4 is 7.51 Å². The SMILES string of the molecule is CP(O)(O)=NO. The summed E-state index contributed by atoms with van der Waals surface area (Å²) in [5.74, 6) is 0. The lowest BCUT2D eigenvalue weighted by Crippen LogP contribution is -1.68. The average Bonchev–Trinajstić information content (AvgIpc) is 1.35. The van der Waals surface area contributed by atoms with Crippen molar-refractivity contribution in [2.24, 2.45) is 4.91 Å². The number of hydrogen-bond donors (Lipinski definition) is 3. The van der Waals surface area contributed by atoms with Crippen LogP contribution < -0.4 is 0 Å². The van der Waals surface area contributed by atoms with Crippen LogP contribution in [0.15, 0.2) is 4.91 Å². The molecule has 0 rings (SSSR count). The Morgan fingerprint density at radius 2 is 1.67 bits per heavy atom. The highest BCUT2D eigenvalue weighted by atomic mass is 31.2. The van der Waals surface area contributed by atoms with Crippen LogP contribution in [-0.4, -0.2) is 21.7 Å². The Balaban J connectivity index is 3.79. The van der Waals surface area contributed by atoms with Gasteiger partial charge in [-0.05, 0) is 0 Å². The van der Waals surface area contributed by atoms with E-state index >= 15 is 0 Å². The van der Waals surface area contributed by atoms with Gasteiger partial charge in [-0.1, -0.05) is 0 Å². The fraction of sp³-hybridized carbons (Fsp3) is 1.00. The first-order chi connectivity index (χ1) is 2.56. The molecule has 6 heavy (non-hydrogen) atoms. The standard InChI is InChI=1S/CH6NO3P/c1-6(4,5)2-3/h3-5H,1H3. The van der Waals surface area contributed by atoms with Crippen molar-refractivity contribution in [3.05, 3.63) is 0 Å². The first-order valence-electron chi connectivity index (χ1n) is 1.25. The molecule has 0 aromatic carbocycles. The Labute approximate surface area is 35.2 Å². The monoisotopic (exact) mass is 111 g/mol. The molecule has 0 aliphatic heterocycles. The molecule has 0 atom stereocenters. The molecule has 0 aliphatic rings. The van der Waals surface area contributed by atoms with Gasteiger partial charge in [-0.25, -0.2) is 0 Å². The van der Waals surface area contributed by atoms with Crippen molar-refractivity contribution in [3.8, 4) is 0 Å². The maximum Gasteiger partial charge on any atom is 0.233 e. The molecular weight excluding hydrogens is 105 g/mol. The van der Waals surface area contributed by atoms with Crippen molar-refractivity contribution < 1.29 is 15.0 Å². The highest BCUT2D eigenvalue weighted by molar-refractivity contribution is 7.53. The molecule has 0 radical (unpaired) electrons. The van der Waals surface area contributed by atoms with Gasteiger partial charge in [-0.15, -0.1) is 4.91 Å². The summed E-state index contributed by atoms with van der Waals surface area (Å²) in [6, 6.07) is 0. The van der Waals surface area contributed by atoms with E-state index < -0.39 is 7.51 Å². The molecule has 0 amide bonds. The number of nitrogens with zero attached hydrogens (tertiary/aromatic N) is 1. The molecule has 0 bridgehead atoms. The molecule has 0 aromatic heterocycles. The second-order valence-electron chi connectivity index (χ2n) is 0.958. The summed E-state index contributed by atoms with van der Waals surface area (Å²) in [6.07, 6.45) is 0. The third-order valence-corrected chi connectivity index (χ3v) is 0.508. The highest BCUT2D eigenvalue weighted by Gasteiger charge is 1.95. The van der Waals surface area contributed by atoms with Crippen LogP contribution in [0.1, 0.15) is 0 Å². The van der Waals surface area contributed by atoms with E-state index in [1.807, 2.05) is 0 Å². The topological polar surface area (TPSA) is 73.0 Å². The van der Waals surface area contributed by atoms with E-state index in [2.05, 4.69) is 4.91 Å². The third-order valence-electron chi connectivity index (χ3n) is 0.169. The highest BCUT2D eigenvalue weighted by Crippen LogP contribution is 2.31. The minimum atomic E-state index is -3.22. The fourth-order valence-corrected chi connectivity index (χ4v) is 0. The molecule has 4 nitrogen and oxygen atoms in total. The van der Waals surface area contributed by atoms with Crippen LogP contribution in [0.3, 0.4) is 0 Å². The van der Waals surface area contributed by atoms with Gasteiger partial charge in [0.2, 0.25) is 7.51 Å². The molecule has 0 spiro atoms. The van der Waals surface area contributed by atoms with Crippen LogP contribution in [0.2, 0.25) is 0 Å². The number of rotatable bonds is 0. The lowest BCUT2D eigenvalue weighted by molar-refractivity contribution is 0.302. The maximum atomic E-state index is 8.08. The Morgan fingerprint density at radius 3 is 1.67 bits per heavy atom. The molecule has 38 valence electrons. The Hall–Kier alpha value is 0.110. The quantitative estimate of drug-likeness (QED) is 0.304. The van der Waals surface area contributed by atoms with Gasteiger partial charge in [0, 0.05) is 6.66 Å². The molecule has 0 unspecified atom stereocenters. The van der Waals surface area contributed by atoms with Crippen LogP contribution in [-0.2, 0) is 0 Å². The summed E-state index contributed by atoms with van der Waals surface area (Å²) >= 11 is 0. The Bertz CT molecular complexity index is 74.5. The van der Waals surface area contributed by atoms with Gasteiger partial charge >= 0.3 is 0 Å². The summed E-state index contributed by atoms with van der Waals surface area (Å²) in [5, 5.41) is 7.58. The van der Waals surface area contributed by atoms with E-state index in [4.69, 9.17) is 15.0 Å². The van der Waals surface area contributed by atoms with Gasteiger partial charge in [-0.3, -0.25) is 5.21 Å². The zero-order valence-corrected chi connectivity index (χ0v) is 4.13. The molecule has 5 heteroatoms. The van der Waals surface area contributed by atoms with Crippen LogP contribution in [0, 0.1) is 0 Å². The van der Waals surface area contributed by atoms with Crippen molar-refractivity contribution in [1.29, 1.82) is 0 Å². The summed E-state index contributed by atoms with van der Waals surface area (Å²) in [5.41, 5.74) is 0. The van der Waals surface area contributed by atoms with Gasteiger partial charge in [-0.2, -0.15) is 0 Å². The van der Waals surface area contributed by atoms with Crippen molar-refractivity contribution in [3.63, 3.8) is 0 Å². The normalized spacial score (nSPS) is 11.3. The van der Waals surface area contributed by atoms with Gasteiger partial charge in [0.25, 0.3) is 0 Å². The smallest absolute Gasteiger partial charge is 0.233 e. The van der Waals surface area contributed by atoms with E-state index in [9.17, 15) is 0 Å². The largest absolute Gasteiger partial charge is 0.338 e. The summed E-state index contributed by atoms with van der Waals surface area (Å²) in [6.45, 7) is 1.05. The predicted molar refractivity (Wildman–Crippen MR) is 21.5 cm³/mol. The van der Waals surface area contributed by atoms with E-state index in [1.54, 1.807) is 0 Å². The second-order valence-corrected chi connectivity index (χ2v) is 2.87. The van der Waals surface area contributed by atoms with Gasteiger partial charge in [0.15, 0.2) is 0 Å². The molecular formula is CH6NO3P. The summed E-state index contributed by atoms with van der Waals surface area (Å²) < 4.78 is 0. The molecule has 0 heterocycles. The van der Waals surface area contributed by atoms with Gasteiger partial charge in [0.1, 0.15) is 0 Å². The lowest BCUT2D eigenvalue weighted by Gasteiger charge is -1.93. The lowest BCUT2D eigenvalue weighted by atomic mass is 12.0. The molecule has 0 fully saturated rings. The van der Waals surface area contributed by atoms with E-state index in [1.165, 1.54) is 0 Å². The van der Waals surface area contributed by atoms with Crippen LogP contribution in [0.25, 0.3) is 0 Å². The summed E-state index contributed by atoms with van der Waals surface area (Å²) in [4.78, 5) is 18.4. The van der Waals surface area contributed by atoms with Gasteiger partial charge in [0.05, 0.1) is 0 Å². The van der Waals surface area contributed by atoms with Crippen molar-refractivity contribution in [1.82, 2.24) is 0 Å². The van der Waals surface area contributed by atoms with E-state index in [0.29, 0.717) is 0 Å². The van der Waals surface area contributed by atoms with Crippen LogP contribution >= 0.6 is 7.51 Å². The zero-order chi connectivity index (χ0) is 5.21. The van der Waals surface area contributed by atoms with Crippen molar-refractivity contribution in [2.75, 3.05) is 6.66 Å². The molecule has 0 saturated heterocycles. The van der Waals surface area contributed by atoms with E-state index in [-0.39, 0.29) is 0 Å². The average molecular weight is 111 g/mol. The fourth-order valence-electron chi connectivity index (χ4n) is 0. The van der Waals surface area contributed by atoms with Gasteiger partial charge < -0.3 is 9.79 Å². The van der Waals surface area contributed by atoms with Crippen molar-refractivity contribution in [2.45, 2.75) is 0 Å².